The molecule has 0 saturated carbocycles. The van der Waals surface area contributed by atoms with Gasteiger partial charge in [0.15, 0.2) is 12.2 Å². The van der Waals surface area contributed by atoms with Crippen LogP contribution in [-0.4, -0.2) is 96.7 Å². The van der Waals surface area contributed by atoms with Crippen molar-refractivity contribution >= 4 is 39.5 Å². The number of unbranched alkanes of at least 4 members (excludes halogenated alkanes) is 32. The monoisotopic (exact) mass is 1450 g/mol. The summed E-state index contributed by atoms with van der Waals surface area (Å²) in [6.07, 6.45) is 76.7. The lowest BCUT2D eigenvalue weighted by molar-refractivity contribution is -0.161. The van der Waals surface area contributed by atoms with Crippen molar-refractivity contribution in [1.82, 2.24) is 0 Å². The zero-order chi connectivity index (χ0) is 73.2. The lowest BCUT2D eigenvalue weighted by Crippen LogP contribution is -2.30. The molecule has 0 aromatic carbocycles. The highest BCUT2D eigenvalue weighted by molar-refractivity contribution is 7.47. The molecule has 0 radical (unpaired) electrons. The number of aliphatic hydroxyl groups is 1. The van der Waals surface area contributed by atoms with Gasteiger partial charge in [-0.05, 0) is 128 Å². The van der Waals surface area contributed by atoms with Gasteiger partial charge >= 0.3 is 39.5 Å². The largest absolute Gasteiger partial charge is 0.472 e. The van der Waals surface area contributed by atoms with E-state index in [1.165, 1.54) is 89.9 Å². The molecular weight excluding hydrogens is 1310 g/mol. The first-order chi connectivity index (χ1) is 48.7. The SMILES string of the molecule is CC/C=C\C/C=C\C/C=C\C/C=C\CCCCCCC(=O)OCC(COP(=O)(O)OCC(O)COP(=O)(O)OCC(COC(=O)CCCCCCC/C=C\C/C=C\CCCCC)OC(=O)CCCCCCCCCCCCCCC)OC(=O)CCCCCCC/C=C\C/C=C\CCCCC. The summed E-state index contributed by atoms with van der Waals surface area (Å²) in [6.45, 7) is 4.69. The molecule has 578 valence electrons. The fourth-order valence-electron chi connectivity index (χ4n) is 10.5. The van der Waals surface area contributed by atoms with Crippen molar-refractivity contribution in [3.05, 3.63) is 97.2 Å². The van der Waals surface area contributed by atoms with Crippen molar-refractivity contribution in [2.24, 2.45) is 0 Å². The van der Waals surface area contributed by atoms with Crippen LogP contribution < -0.4 is 0 Å². The molecular formula is C81H142O17P2. The molecule has 5 atom stereocenters. The molecule has 0 amide bonds. The highest BCUT2D eigenvalue weighted by Gasteiger charge is 2.30. The predicted molar refractivity (Wildman–Crippen MR) is 409 cm³/mol. The summed E-state index contributed by atoms with van der Waals surface area (Å²) in [7, 11) is -9.96. The van der Waals surface area contributed by atoms with Crippen LogP contribution in [0.1, 0.15) is 336 Å². The van der Waals surface area contributed by atoms with Gasteiger partial charge < -0.3 is 33.8 Å². The number of ether oxygens (including phenoxy) is 4. The Bertz CT molecular complexity index is 2270. The van der Waals surface area contributed by atoms with Crippen LogP contribution in [0, 0.1) is 0 Å². The topological polar surface area (TPSA) is 237 Å². The van der Waals surface area contributed by atoms with Crippen LogP contribution in [0.2, 0.25) is 0 Å². The number of rotatable bonds is 74. The van der Waals surface area contributed by atoms with Crippen molar-refractivity contribution in [1.29, 1.82) is 0 Å². The number of phosphoric acid groups is 2. The molecule has 0 aliphatic carbocycles. The van der Waals surface area contributed by atoms with Crippen LogP contribution in [-0.2, 0) is 65.4 Å². The number of allylic oxidation sites excluding steroid dienone is 16. The average molecular weight is 1450 g/mol. The number of aliphatic hydroxyl groups excluding tert-OH is 1. The average Bonchev–Trinajstić information content (AvgIpc) is 1.06. The summed E-state index contributed by atoms with van der Waals surface area (Å²) in [5.41, 5.74) is 0. The summed E-state index contributed by atoms with van der Waals surface area (Å²) in [5.74, 6) is -2.21. The highest BCUT2D eigenvalue weighted by Crippen LogP contribution is 2.45. The van der Waals surface area contributed by atoms with Gasteiger partial charge in [-0.3, -0.25) is 37.3 Å². The van der Waals surface area contributed by atoms with Crippen LogP contribution >= 0.6 is 15.6 Å². The van der Waals surface area contributed by atoms with Gasteiger partial charge in [0.05, 0.1) is 26.4 Å². The predicted octanol–water partition coefficient (Wildman–Crippen LogP) is 22.8. The molecule has 0 bridgehead atoms. The van der Waals surface area contributed by atoms with E-state index in [1.807, 2.05) is 0 Å². The molecule has 0 heterocycles. The van der Waals surface area contributed by atoms with Gasteiger partial charge in [-0.15, -0.1) is 0 Å². The molecule has 0 rings (SSSR count). The summed E-state index contributed by atoms with van der Waals surface area (Å²) < 4.78 is 68.5. The molecule has 3 N–H and O–H groups in total. The Labute approximate surface area is 607 Å². The van der Waals surface area contributed by atoms with Crippen LogP contribution in [0.5, 0.6) is 0 Å². The summed E-state index contributed by atoms with van der Waals surface area (Å²) >= 11 is 0. The molecule has 0 aromatic heterocycles. The minimum absolute atomic E-state index is 0.0732. The third-order valence-corrected chi connectivity index (χ3v) is 18.4. The zero-order valence-corrected chi connectivity index (χ0v) is 64.9. The second-order valence-corrected chi connectivity index (χ2v) is 29.2. The molecule has 0 spiro atoms. The molecule has 0 aromatic rings. The molecule has 0 aliphatic heterocycles. The van der Waals surface area contributed by atoms with Gasteiger partial charge in [-0.1, -0.05) is 279 Å². The first-order valence-corrected chi connectivity index (χ1v) is 42.5. The number of hydrogen-bond acceptors (Lipinski definition) is 15. The normalized spacial score (nSPS) is 14.4. The Balaban J connectivity index is 5.38. The molecule has 5 unspecified atom stereocenters. The third-order valence-electron chi connectivity index (χ3n) is 16.5. The zero-order valence-electron chi connectivity index (χ0n) is 63.1. The maximum Gasteiger partial charge on any atom is 0.472 e. The molecule has 0 saturated heterocycles. The van der Waals surface area contributed by atoms with E-state index < -0.39 is 97.5 Å². The van der Waals surface area contributed by atoms with Crippen molar-refractivity contribution in [2.45, 2.75) is 354 Å². The molecule has 17 nitrogen and oxygen atoms in total. The highest BCUT2D eigenvalue weighted by atomic mass is 31.2. The third kappa shape index (κ3) is 72.3. The number of phosphoric ester groups is 2. The van der Waals surface area contributed by atoms with Gasteiger partial charge in [0.2, 0.25) is 0 Å². The van der Waals surface area contributed by atoms with Crippen molar-refractivity contribution < 1.29 is 80.2 Å². The maximum atomic E-state index is 13.1. The van der Waals surface area contributed by atoms with Gasteiger partial charge in [0, 0.05) is 25.7 Å². The van der Waals surface area contributed by atoms with Crippen LogP contribution in [0.3, 0.4) is 0 Å². The van der Waals surface area contributed by atoms with Gasteiger partial charge in [-0.2, -0.15) is 0 Å². The van der Waals surface area contributed by atoms with Gasteiger partial charge in [-0.25, -0.2) is 9.13 Å². The van der Waals surface area contributed by atoms with Gasteiger partial charge in [0.25, 0.3) is 0 Å². The van der Waals surface area contributed by atoms with Crippen molar-refractivity contribution in [2.75, 3.05) is 39.6 Å². The second kappa shape index (κ2) is 73.3. The van der Waals surface area contributed by atoms with E-state index in [0.29, 0.717) is 25.7 Å². The Morgan fingerprint density at radius 1 is 0.290 bits per heavy atom. The van der Waals surface area contributed by atoms with E-state index in [0.717, 1.165) is 167 Å². The van der Waals surface area contributed by atoms with E-state index in [-0.39, 0.29) is 25.7 Å². The number of carbonyl (C=O) groups excluding carboxylic acids is 4. The minimum atomic E-state index is -4.98. The maximum absolute atomic E-state index is 13.1. The Hall–Kier alpha value is -4.02. The quantitative estimate of drug-likeness (QED) is 0.0169. The summed E-state index contributed by atoms with van der Waals surface area (Å²) in [6, 6.07) is 0. The molecule has 0 aliphatic rings. The van der Waals surface area contributed by atoms with E-state index >= 15 is 0 Å². The lowest BCUT2D eigenvalue weighted by atomic mass is 10.0. The first kappa shape index (κ1) is 96.0. The van der Waals surface area contributed by atoms with E-state index in [9.17, 15) is 43.2 Å². The molecule has 100 heavy (non-hydrogen) atoms. The van der Waals surface area contributed by atoms with E-state index in [2.05, 4.69) is 125 Å². The van der Waals surface area contributed by atoms with Crippen molar-refractivity contribution in [3.8, 4) is 0 Å². The fraction of sp³-hybridized carbons (Fsp3) is 0.753. The van der Waals surface area contributed by atoms with Crippen LogP contribution in [0.4, 0.5) is 0 Å². The minimum Gasteiger partial charge on any atom is -0.462 e. The Morgan fingerprint density at radius 3 is 0.820 bits per heavy atom. The standard InChI is InChI=1S/C81H142O17P2/c1-5-9-13-17-21-25-29-33-36-37-40-43-46-50-54-58-62-66-79(84)92-72-77(98-81(86)68-64-60-56-52-48-44-39-35-31-27-23-19-15-11-7-3)74-96-100(89,90)94-70-75(82)69-93-99(87,88)95-73-76(97-80(85)67-63-59-55-51-47-41-32-28-24-20-16-12-8-4)71-91-78(83)65-61-57-53-49-45-42-38-34-30-26-22-18-14-10-6-2/h9,13,21-23,25-27,33-36,38-40,43,75-77,82H,5-8,10-12,14-20,24,28-32,37,41-42,44-74H2,1-4H3,(H,87,88)(H,89,90)/b13-9-,25-21-,26-22-,27-23-,36-33-,38-34-,39-35-,43-40-. The Kier molecular flexibility index (Phi) is 70.4. The molecule has 0 fully saturated rings. The summed E-state index contributed by atoms with van der Waals surface area (Å²) in [5, 5.41) is 10.6. The van der Waals surface area contributed by atoms with E-state index in [4.69, 9.17) is 37.0 Å². The first-order valence-electron chi connectivity index (χ1n) is 39.5. The lowest BCUT2D eigenvalue weighted by Gasteiger charge is -2.21. The smallest absolute Gasteiger partial charge is 0.462 e. The number of carbonyl (C=O) groups is 4. The fourth-order valence-corrected chi connectivity index (χ4v) is 12.1. The number of hydrogen-bond donors (Lipinski definition) is 3. The molecule has 19 heteroatoms. The van der Waals surface area contributed by atoms with E-state index in [1.54, 1.807) is 0 Å². The van der Waals surface area contributed by atoms with Crippen LogP contribution in [0.15, 0.2) is 97.2 Å². The van der Waals surface area contributed by atoms with Gasteiger partial charge in [0.1, 0.15) is 19.3 Å². The second-order valence-electron chi connectivity index (χ2n) is 26.3. The van der Waals surface area contributed by atoms with Crippen molar-refractivity contribution in [3.63, 3.8) is 0 Å². The van der Waals surface area contributed by atoms with Crippen LogP contribution in [0.25, 0.3) is 0 Å². The number of esters is 4. The summed E-state index contributed by atoms with van der Waals surface area (Å²) in [4.78, 5) is 72.9. The Morgan fingerprint density at radius 2 is 0.520 bits per heavy atom.